The van der Waals surface area contributed by atoms with E-state index in [1.807, 2.05) is 16.4 Å². The van der Waals surface area contributed by atoms with Crippen LogP contribution >= 0.6 is 0 Å². The number of urea groups is 3. The van der Waals surface area contributed by atoms with Crippen LogP contribution in [0.3, 0.4) is 0 Å². The Bertz CT molecular complexity index is 1840. The van der Waals surface area contributed by atoms with Crippen LogP contribution in [0.1, 0.15) is 16.7 Å². The van der Waals surface area contributed by atoms with Crippen LogP contribution in [0.2, 0.25) is 0 Å². The van der Waals surface area contributed by atoms with Gasteiger partial charge in [-0.05, 0) is 16.7 Å². The number of imide groups is 6. The Balaban J connectivity index is 0.000000198. The van der Waals surface area contributed by atoms with Gasteiger partial charge in [-0.25, -0.2) is 14.4 Å². The summed E-state index contributed by atoms with van der Waals surface area (Å²) < 4.78 is 0. The van der Waals surface area contributed by atoms with Gasteiger partial charge in [-0.15, -0.1) is 0 Å². The van der Waals surface area contributed by atoms with Crippen molar-refractivity contribution in [3.05, 3.63) is 108 Å². The van der Waals surface area contributed by atoms with E-state index in [4.69, 9.17) is 0 Å². The van der Waals surface area contributed by atoms with Gasteiger partial charge in [-0.2, -0.15) is 16.4 Å². The largest absolute Gasteiger partial charge is 0.332 e. The zero-order valence-corrected chi connectivity index (χ0v) is 33.5. The molecule has 60 heavy (non-hydrogen) atoms. The lowest BCUT2D eigenvalue weighted by Crippen LogP contribution is -2.72. The van der Waals surface area contributed by atoms with E-state index < -0.39 is 70.2 Å². The average molecular weight is 832 g/mol. The molecule has 21 heteroatoms. The molecule has 3 saturated heterocycles. The molecule has 0 atom stereocenters. The third-order valence-corrected chi connectivity index (χ3v) is 10.2. The number of carbonyl (C=O) groups excluding carboxylic acids is 9. The van der Waals surface area contributed by atoms with Crippen molar-refractivity contribution in [2.24, 2.45) is 0 Å². The molecule has 12 amide bonds. The molecular weight excluding hydrogens is 786 g/mol. The Morgan fingerprint density at radius 3 is 0.667 bits per heavy atom. The van der Waals surface area contributed by atoms with Crippen LogP contribution in [-0.4, -0.2) is 157 Å². The van der Waals surface area contributed by atoms with Gasteiger partial charge in [-0.3, -0.25) is 58.2 Å². The fourth-order valence-electron chi connectivity index (χ4n) is 6.75. The van der Waals surface area contributed by atoms with E-state index in [9.17, 15) is 58.8 Å². The summed E-state index contributed by atoms with van der Waals surface area (Å²) in [5.74, 6) is -4.68. The summed E-state index contributed by atoms with van der Waals surface area (Å²) in [4.78, 5) is 114. The van der Waals surface area contributed by atoms with Gasteiger partial charge < -0.3 is 15.6 Å². The van der Waals surface area contributed by atoms with E-state index in [2.05, 4.69) is 0 Å². The predicted molar refractivity (Wildman–Crippen MR) is 206 cm³/mol. The van der Waals surface area contributed by atoms with Crippen LogP contribution < -0.4 is 16.4 Å². The highest BCUT2D eigenvalue weighted by Crippen LogP contribution is 2.26. The maximum absolute atomic E-state index is 12.3. The van der Waals surface area contributed by atoms with Crippen molar-refractivity contribution in [2.75, 3.05) is 42.3 Å². The molecule has 3 aromatic carbocycles. The second-order valence-electron chi connectivity index (χ2n) is 14.1. The van der Waals surface area contributed by atoms with Gasteiger partial charge in [0.2, 0.25) is 16.6 Å². The number of benzene rings is 3. The SMILES string of the molecule is CN1C(=O)N(C)C(=O)C(Cc2ccccc2)(NO)C1=O.CN1C(=O)N(C)C(=O)C(Cc2ccccc2)(NO)C1=O.CN1C(=O)N(C)C(=O)C(Cc2ccccc2)(NO)C1=O. The molecule has 0 radical (unpaired) electrons. The molecule has 0 saturated carbocycles. The highest BCUT2D eigenvalue weighted by Gasteiger charge is 2.58. The Kier molecular flexibility index (Phi) is 14.1. The summed E-state index contributed by atoms with van der Waals surface area (Å²) in [6.45, 7) is 0. The quantitative estimate of drug-likeness (QED) is 0.122. The van der Waals surface area contributed by atoms with E-state index >= 15 is 0 Å². The van der Waals surface area contributed by atoms with E-state index in [0.29, 0.717) is 16.7 Å². The van der Waals surface area contributed by atoms with Crippen molar-refractivity contribution in [3.63, 3.8) is 0 Å². The molecule has 21 nitrogen and oxygen atoms in total. The molecule has 318 valence electrons. The number of nitrogens with one attached hydrogen (secondary N) is 3. The van der Waals surface area contributed by atoms with Crippen LogP contribution in [0.15, 0.2) is 91.0 Å². The molecule has 0 aromatic heterocycles. The van der Waals surface area contributed by atoms with Crippen LogP contribution in [0.25, 0.3) is 0 Å². The van der Waals surface area contributed by atoms with E-state index in [0.717, 1.165) is 29.4 Å². The fraction of sp³-hybridized carbons (Fsp3) is 0.308. The molecule has 3 aliphatic rings. The molecule has 3 aliphatic heterocycles. The van der Waals surface area contributed by atoms with Crippen molar-refractivity contribution < 1.29 is 58.8 Å². The van der Waals surface area contributed by atoms with Crippen molar-refractivity contribution in [1.29, 1.82) is 0 Å². The number of nitrogens with zero attached hydrogens (tertiary/aromatic N) is 6. The minimum Gasteiger partial charge on any atom is -0.315 e. The van der Waals surface area contributed by atoms with Crippen molar-refractivity contribution in [3.8, 4) is 0 Å². The maximum Gasteiger partial charge on any atom is 0.332 e. The molecule has 3 heterocycles. The minimum absolute atomic E-state index is 0.0516. The Morgan fingerprint density at radius 1 is 0.350 bits per heavy atom. The summed E-state index contributed by atoms with van der Waals surface area (Å²) >= 11 is 0. The molecular formula is C39H45N9O12. The molecule has 6 rings (SSSR count). The summed E-state index contributed by atoms with van der Waals surface area (Å²) in [6.07, 6.45) is -0.155. The van der Waals surface area contributed by atoms with Gasteiger partial charge in [0.15, 0.2) is 0 Å². The minimum atomic E-state index is -1.88. The number of rotatable bonds is 9. The first-order valence-corrected chi connectivity index (χ1v) is 18.0. The molecule has 3 fully saturated rings. The third kappa shape index (κ3) is 8.25. The highest BCUT2D eigenvalue weighted by molar-refractivity contribution is 6.23. The van der Waals surface area contributed by atoms with Crippen molar-refractivity contribution in [1.82, 2.24) is 45.8 Å². The maximum atomic E-state index is 12.3. The van der Waals surface area contributed by atoms with Crippen LogP contribution in [0, 0.1) is 0 Å². The van der Waals surface area contributed by atoms with Gasteiger partial charge >= 0.3 is 18.1 Å². The summed E-state index contributed by atoms with van der Waals surface area (Å²) in [6, 6.07) is 24.2. The van der Waals surface area contributed by atoms with Gasteiger partial charge in [-0.1, -0.05) is 91.0 Å². The predicted octanol–water partition coefficient (Wildman–Crippen LogP) is -0.00870. The number of carbonyl (C=O) groups is 9. The number of hydrogen-bond acceptors (Lipinski definition) is 15. The Labute approximate surface area is 343 Å². The van der Waals surface area contributed by atoms with E-state index in [1.54, 1.807) is 91.0 Å². The Morgan fingerprint density at radius 2 is 0.517 bits per heavy atom. The van der Waals surface area contributed by atoms with Crippen molar-refractivity contribution >= 4 is 53.5 Å². The first kappa shape index (κ1) is 45.9. The van der Waals surface area contributed by atoms with Crippen molar-refractivity contribution in [2.45, 2.75) is 35.9 Å². The lowest BCUT2D eigenvalue weighted by molar-refractivity contribution is -0.159. The van der Waals surface area contributed by atoms with Gasteiger partial charge in [0.05, 0.1) is 0 Å². The Hall–Kier alpha value is -6.75. The number of hydrogen-bond donors (Lipinski definition) is 6. The smallest absolute Gasteiger partial charge is 0.315 e. The zero-order chi connectivity index (χ0) is 44.7. The zero-order valence-electron chi connectivity index (χ0n) is 33.5. The number of likely N-dealkylation sites (N-methyl/N-ethyl adjacent to an activating group) is 6. The first-order chi connectivity index (χ1) is 28.3. The molecule has 0 bridgehead atoms. The molecule has 0 spiro atoms. The second kappa shape index (κ2) is 18.4. The summed E-state index contributed by atoms with van der Waals surface area (Å²) in [5, 5.41) is 28.2. The molecule has 0 unspecified atom stereocenters. The van der Waals surface area contributed by atoms with Gasteiger partial charge in [0.25, 0.3) is 35.4 Å². The highest BCUT2D eigenvalue weighted by atomic mass is 16.5. The van der Waals surface area contributed by atoms with E-state index in [-0.39, 0.29) is 19.3 Å². The average Bonchev–Trinajstić information content (AvgIpc) is 3.28. The van der Waals surface area contributed by atoms with E-state index in [1.165, 1.54) is 42.3 Å². The topological polar surface area (TPSA) is 270 Å². The lowest BCUT2D eigenvalue weighted by Gasteiger charge is -2.40. The standard InChI is InChI=1S/3C13H15N3O4/c3*1-15-10(17)13(14-20,11(18)16(2)12(15)19)8-9-6-4-3-5-7-9/h3*3-7,14,20H,8H2,1-2H3. The van der Waals surface area contributed by atoms with Crippen LogP contribution in [0.4, 0.5) is 14.4 Å². The van der Waals surface area contributed by atoms with Gasteiger partial charge in [0, 0.05) is 61.5 Å². The third-order valence-electron chi connectivity index (χ3n) is 10.2. The number of amides is 12. The number of barbiturate groups is 3. The first-order valence-electron chi connectivity index (χ1n) is 18.0. The van der Waals surface area contributed by atoms with Crippen LogP contribution in [-0.2, 0) is 48.0 Å². The lowest BCUT2D eigenvalue weighted by atomic mass is 9.87. The molecule has 3 aromatic rings. The summed E-state index contributed by atoms with van der Waals surface area (Å²) in [7, 11) is 7.61. The fourth-order valence-corrected chi connectivity index (χ4v) is 6.75. The monoisotopic (exact) mass is 831 g/mol. The van der Waals surface area contributed by atoms with Gasteiger partial charge in [0.1, 0.15) is 0 Å². The molecule has 0 aliphatic carbocycles. The van der Waals surface area contributed by atoms with Crippen LogP contribution in [0.5, 0.6) is 0 Å². The molecule has 6 N–H and O–H groups in total. The number of hydroxylamine groups is 3. The summed E-state index contributed by atoms with van der Waals surface area (Å²) in [5.41, 5.74) is 1.87. The second-order valence-corrected chi connectivity index (χ2v) is 14.1. The normalized spacial score (nSPS) is 18.6.